The van der Waals surface area contributed by atoms with Gasteiger partial charge in [0.05, 0.1) is 24.1 Å². The maximum atomic E-state index is 15.9. The number of anilines is 1. The first-order chi connectivity index (χ1) is 18.6. The average Bonchev–Trinajstić information content (AvgIpc) is 3.44. The number of fused-ring (bicyclic) bond motifs is 1. The van der Waals surface area contributed by atoms with E-state index in [2.05, 4.69) is 4.98 Å². The zero-order valence-corrected chi connectivity index (χ0v) is 20.9. The van der Waals surface area contributed by atoms with E-state index in [0.29, 0.717) is 46.8 Å². The first kappa shape index (κ1) is 24.0. The highest BCUT2D eigenvalue weighted by Crippen LogP contribution is 2.43. The van der Waals surface area contributed by atoms with Crippen LogP contribution in [0.3, 0.4) is 0 Å². The van der Waals surface area contributed by atoms with E-state index >= 15 is 4.39 Å². The Labute approximate surface area is 219 Å². The van der Waals surface area contributed by atoms with Gasteiger partial charge in [-0.3, -0.25) is 0 Å². The summed E-state index contributed by atoms with van der Waals surface area (Å²) in [6.45, 7) is 2.94. The molecule has 0 unspecified atom stereocenters. The molecule has 6 rings (SSSR count). The number of furan rings is 1. The molecule has 1 aliphatic heterocycles. The Morgan fingerprint density at radius 3 is 2.29 bits per heavy atom. The molecule has 1 N–H and O–H groups in total. The lowest BCUT2D eigenvalue weighted by atomic mass is 9.96. The summed E-state index contributed by atoms with van der Waals surface area (Å²) < 4.78 is 33.8. The van der Waals surface area contributed by atoms with Crippen LogP contribution in [-0.4, -0.2) is 28.8 Å². The summed E-state index contributed by atoms with van der Waals surface area (Å²) in [5.74, 6) is 0.220. The standard InChI is InChI=1S/C31H27FN2O4/c1-20-27(35)17-34(20)26-16-25(32)29(23-14-15-36-30(23)26)24-12-13-28(37-18-21-8-4-2-5-9-21)33-31(24)38-19-22-10-6-3-7-11-22/h2-16,20,27,35H,17-19H2,1H3/t20-,27-/m0/s1. The van der Waals surface area contributed by atoms with Crippen LogP contribution < -0.4 is 14.4 Å². The van der Waals surface area contributed by atoms with Gasteiger partial charge in [0, 0.05) is 35.2 Å². The summed E-state index contributed by atoms with van der Waals surface area (Å²) in [5.41, 5.74) is 3.99. The van der Waals surface area contributed by atoms with Crippen molar-refractivity contribution < 1.29 is 23.4 Å². The molecule has 3 aromatic carbocycles. The SMILES string of the molecule is C[C@H]1[C@@H](O)CN1c1cc(F)c(-c2ccc(OCc3ccccc3)nc2OCc2ccccc2)c2ccoc12. The Morgan fingerprint density at radius 2 is 1.63 bits per heavy atom. The lowest BCUT2D eigenvalue weighted by Gasteiger charge is -2.45. The molecule has 0 aliphatic carbocycles. The smallest absolute Gasteiger partial charge is 0.225 e. The van der Waals surface area contributed by atoms with Crippen molar-refractivity contribution in [3.8, 4) is 22.9 Å². The van der Waals surface area contributed by atoms with Gasteiger partial charge < -0.3 is 23.9 Å². The molecule has 0 saturated carbocycles. The van der Waals surface area contributed by atoms with E-state index in [-0.39, 0.29) is 18.5 Å². The van der Waals surface area contributed by atoms with Crippen molar-refractivity contribution >= 4 is 16.7 Å². The van der Waals surface area contributed by atoms with Gasteiger partial charge in [-0.25, -0.2) is 4.39 Å². The summed E-state index contributed by atoms with van der Waals surface area (Å²) in [5, 5.41) is 10.6. The molecule has 192 valence electrons. The molecule has 6 nitrogen and oxygen atoms in total. The summed E-state index contributed by atoms with van der Waals surface area (Å²) in [7, 11) is 0. The zero-order chi connectivity index (χ0) is 26.1. The number of hydrogen-bond acceptors (Lipinski definition) is 6. The van der Waals surface area contributed by atoms with Crippen molar-refractivity contribution in [2.45, 2.75) is 32.3 Å². The molecule has 2 atom stereocenters. The van der Waals surface area contributed by atoms with Gasteiger partial charge in [0.25, 0.3) is 0 Å². The van der Waals surface area contributed by atoms with Gasteiger partial charge in [-0.1, -0.05) is 60.7 Å². The van der Waals surface area contributed by atoms with Crippen molar-refractivity contribution in [1.29, 1.82) is 0 Å². The minimum atomic E-state index is -0.451. The molecular formula is C31H27FN2O4. The number of aromatic nitrogens is 1. The minimum Gasteiger partial charge on any atom is -0.473 e. The Balaban J connectivity index is 1.39. The molecule has 0 bridgehead atoms. The number of aliphatic hydroxyl groups excluding tert-OH is 1. The van der Waals surface area contributed by atoms with Gasteiger partial charge in [0.2, 0.25) is 11.8 Å². The zero-order valence-electron chi connectivity index (χ0n) is 20.9. The molecule has 7 heteroatoms. The normalized spacial score (nSPS) is 16.9. The number of aliphatic hydroxyl groups is 1. The number of benzene rings is 3. The Bertz CT molecular complexity index is 1560. The van der Waals surface area contributed by atoms with Crippen molar-refractivity contribution in [2.24, 2.45) is 0 Å². The van der Waals surface area contributed by atoms with Gasteiger partial charge in [-0.2, -0.15) is 4.98 Å². The lowest BCUT2D eigenvalue weighted by Crippen LogP contribution is -2.58. The first-order valence-electron chi connectivity index (χ1n) is 12.6. The maximum absolute atomic E-state index is 15.9. The second kappa shape index (κ2) is 10.2. The molecule has 0 radical (unpaired) electrons. The molecule has 3 heterocycles. The van der Waals surface area contributed by atoms with Crippen LogP contribution in [0.2, 0.25) is 0 Å². The van der Waals surface area contributed by atoms with Gasteiger partial charge in [-0.15, -0.1) is 0 Å². The highest BCUT2D eigenvalue weighted by atomic mass is 19.1. The molecule has 0 amide bonds. The first-order valence-corrected chi connectivity index (χ1v) is 12.6. The van der Waals surface area contributed by atoms with E-state index in [0.717, 1.165) is 11.1 Å². The summed E-state index contributed by atoms with van der Waals surface area (Å²) in [6.07, 6.45) is 1.10. The largest absolute Gasteiger partial charge is 0.473 e. The Morgan fingerprint density at radius 1 is 0.947 bits per heavy atom. The summed E-state index contributed by atoms with van der Waals surface area (Å²) in [4.78, 5) is 6.57. The van der Waals surface area contributed by atoms with Crippen molar-refractivity contribution in [3.05, 3.63) is 108 Å². The van der Waals surface area contributed by atoms with Crippen LogP contribution in [0.25, 0.3) is 22.1 Å². The number of halogens is 1. The van der Waals surface area contributed by atoms with Gasteiger partial charge in [-0.05, 0) is 30.2 Å². The number of β-amino-alcohol motifs (C(OH)–C–C–N with tert-alkyl or cyclic N) is 1. The third kappa shape index (κ3) is 4.57. The molecule has 1 fully saturated rings. The minimum absolute atomic E-state index is 0.124. The second-order valence-corrected chi connectivity index (χ2v) is 9.43. The number of nitrogens with zero attached hydrogens (tertiary/aromatic N) is 2. The lowest BCUT2D eigenvalue weighted by molar-refractivity contribution is 0.0995. The van der Waals surface area contributed by atoms with E-state index in [4.69, 9.17) is 13.9 Å². The average molecular weight is 511 g/mol. The number of hydrogen-bond donors (Lipinski definition) is 1. The van der Waals surface area contributed by atoms with Crippen LogP contribution >= 0.6 is 0 Å². The highest BCUT2D eigenvalue weighted by Gasteiger charge is 2.36. The highest BCUT2D eigenvalue weighted by molar-refractivity contribution is 6.02. The Hall–Kier alpha value is -4.36. The summed E-state index contributed by atoms with van der Waals surface area (Å²) >= 11 is 0. The van der Waals surface area contributed by atoms with Crippen LogP contribution in [0.15, 0.2) is 95.6 Å². The monoisotopic (exact) mass is 510 g/mol. The van der Waals surface area contributed by atoms with Gasteiger partial charge >= 0.3 is 0 Å². The molecule has 5 aromatic rings. The predicted octanol–water partition coefficient (Wildman–Crippen LogP) is 6.36. The third-order valence-corrected chi connectivity index (χ3v) is 6.96. The molecule has 1 saturated heterocycles. The Kier molecular flexibility index (Phi) is 6.43. The fourth-order valence-electron chi connectivity index (χ4n) is 4.75. The second-order valence-electron chi connectivity index (χ2n) is 9.43. The molecule has 0 spiro atoms. The van der Waals surface area contributed by atoms with Gasteiger partial charge in [0.1, 0.15) is 19.0 Å². The topological polar surface area (TPSA) is 68.0 Å². The number of rotatable bonds is 8. The predicted molar refractivity (Wildman–Crippen MR) is 144 cm³/mol. The molecular weight excluding hydrogens is 483 g/mol. The summed E-state index contributed by atoms with van der Waals surface area (Å²) in [6, 6.07) is 26.1. The fraction of sp³-hybridized carbons (Fsp3) is 0.194. The van der Waals surface area contributed by atoms with E-state index in [1.165, 1.54) is 6.07 Å². The van der Waals surface area contributed by atoms with Crippen LogP contribution in [0.5, 0.6) is 11.8 Å². The van der Waals surface area contributed by atoms with E-state index in [1.54, 1.807) is 24.5 Å². The van der Waals surface area contributed by atoms with E-state index in [9.17, 15) is 5.11 Å². The van der Waals surface area contributed by atoms with Crippen molar-refractivity contribution in [2.75, 3.05) is 11.4 Å². The van der Waals surface area contributed by atoms with Crippen molar-refractivity contribution in [1.82, 2.24) is 4.98 Å². The van der Waals surface area contributed by atoms with Gasteiger partial charge in [0.15, 0.2) is 5.58 Å². The van der Waals surface area contributed by atoms with Crippen molar-refractivity contribution in [3.63, 3.8) is 0 Å². The fourth-order valence-corrected chi connectivity index (χ4v) is 4.75. The molecule has 2 aromatic heterocycles. The van der Waals surface area contributed by atoms with E-state index in [1.807, 2.05) is 72.5 Å². The quantitative estimate of drug-likeness (QED) is 0.262. The molecule has 1 aliphatic rings. The molecule has 38 heavy (non-hydrogen) atoms. The van der Waals surface area contributed by atoms with Crippen LogP contribution in [0.4, 0.5) is 10.1 Å². The maximum Gasteiger partial charge on any atom is 0.225 e. The number of pyridine rings is 1. The van der Waals surface area contributed by atoms with Crippen LogP contribution in [-0.2, 0) is 13.2 Å². The van der Waals surface area contributed by atoms with Crippen LogP contribution in [0, 0.1) is 5.82 Å². The van der Waals surface area contributed by atoms with E-state index < -0.39 is 11.9 Å². The van der Waals surface area contributed by atoms with Crippen LogP contribution in [0.1, 0.15) is 18.1 Å². The third-order valence-electron chi connectivity index (χ3n) is 6.96. The number of ether oxygens (including phenoxy) is 2.